The second-order valence-electron chi connectivity index (χ2n) is 4.53. The van der Waals surface area contributed by atoms with Gasteiger partial charge >= 0.3 is 0 Å². The van der Waals surface area contributed by atoms with E-state index in [1.165, 1.54) is 45.1 Å². The molecule has 3 unspecified atom stereocenters. The van der Waals surface area contributed by atoms with Crippen molar-refractivity contribution in [2.75, 3.05) is 6.54 Å². The van der Waals surface area contributed by atoms with Gasteiger partial charge < -0.3 is 10.1 Å². The Morgan fingerprint density at radius 1 is 1.17 bits per heavy atom. The molecule has 1 aliphatic carbocycles. The number of hydrogen-bond acceptors (Lipinski definition) is 2. The maximum atomic E-state index is 5.71. The maximum Gasteiger partial charge on any atom is 0.102 e. The van der Waals surface area contributed by atoms with E-state index in [1.807, 2.05) is 0 Å². The van der Waals surface area contributed by atoms with Gasteiger partial charge in [0.05, 0.1) is 6.10 Å². The standard InChI is InChI=1S/C10H17NO/c1-2-7-11-10(5-1)6-3-4-8-9(10)12-8/h8-9,11H,1-7H2. The molecule has 68 valence electrons. The molecular formula is C10H17NO. The molecule has 2 aliphatic heterocycles. The van der Waals surface area contributed by atoms with Crippen molar-refractivity contribution in [1.82, 2.24) is 5.32 Å². The highest BCUT2D eigenvalue weighted by Gasteiger charge is 2.56. The normalized spacial score (nSPS) is 52.0. The van der Waals surface area contributed by atoms with Gasteiger partial charge in [0.2, 0.25) is 0 Å². The molecule has 2 nitrogen and oxygen atoms in total. The van der Waals surface area contributed by atoms with Gasteiger partial charge in [-0.25, -0.2) is 0 Å². The highest BCUT2D eigenvalue weighted by Crippen LogP contribution is 2.46. The monoisotopic (exact) mass is 167 g/mol. The van der Waals surface area contributed by atoms with E-state index in [2.05, 4.69) is 5.32 Å². The molecule has 2 saturated heterocycles. The van der Waals surface area contributed by atoms with Gasteiger partial charge in [-0.05, 0) is 38.6 Å². The third-order valence-electron chi connectivity index (χ3n) is 3.77. The zero-order valence-electron chi connectivity index (χ0n) is 7.51. The van der Waals surface area contributed by atoms with Gasteiger partial charge in [0, 0.05) is 5.54 Å². The minimum atomic E-state index is 0.418. The van der Waals surface area contributed by atoms with Crippen LogP contribution >= 0.6 is 0 Å². The van der Waals surface area contributed by atoms with E-state index in [0.717, 1.165) is 0 Å². The molecule has 2 heterocycles. The molecule has 3 rings (SSSR count). The molecule has 1 N–H and O–H groups in total. The molecule has 0 aromatic rings. The summed E-state index contributed by atoms with van der Waals surface area (Å²) in [6, 6.07) is 0. The lowest BCUT2D eigenvalue weighted by Gasteiger charge is -2.39. The molecule has 0 aromatic carbocycles. The zero-order valence-corrected chi connectivity index (χ0v) is 7.51. The Morgan fingerprint density at radius 3 is 2.92 bits per heavy atom. The highest BCUT2D eigenvalue weighted by molar-refractivity contribution is 5.10. The van der Waals surface area contributed by atoms with Crippen molar-refractivity contribution in [3.8, 4) is 0 Å². The van der Waals surface area contributed by atoms with Gasteiger partial charge in [0.1, 0.15) is 6.10 Å². The van der Waals surface area contributed by atoms with Crippen LogP contribution in [0.4, 0.5) is 0 Å². The number of nitrogens with one attached hydrogen (secondary N) is 1. The van der Waals surface area contributed by atoms with Crippen molar-refractivity contribution >= 4 is 0 Å². The summed E-state index contributed by atoms with van der Waals surface area (Å²) in [5.41, 5.74) is 0.418. The van der Waals surface area contributed by atoms with Crippen molar-refractivity contribution in [1.29, 1.82) is 0 Å². The fraction of sp³-hybridized carbons (Fsp3) is 1.00. The van der Waals surface area contributed by atoms with Gasteiger partial charge in [-0.1, -0.05) is 6.42 Å². The van der Waals surface area contributed by atoms with Gasteiger partial charge in [-0.15, -0.1) is 0 Å². The number of rotatable bonds is 0. The first-order valence-electron chi connectivity index (χ1n) is 5.31. The number of piperidine rings is 1. The van der Waals surface area contributed by atoms with E-state index in [9.17, 15) is 0 Å². The molecular weight excluding hydrogens is 150 g/mol. The Labute approximate surface area is 73.7 Å². The first-order valence-corrected chi connectivity index (χ1v) is 5.31. The number of fused-ring (bicyclic) bond motifs is 2. The molecule has 3 fully saturated rings. The lowest BCUT2D eigenvalue weighted by Crippen LogP contribution is -2.54. The van der Waals surface area contributed by atoms with E-state index >= 15 is 0 Å². The summed E-state index contributed by atoms with van der Waals surface area (Å²) < 4.78 is 5.71. The van der Waals surface area contributed by atoms with Crippen LogP contribution in [0.3, 0.4) is 0 Å². The Morgan fingerprint density at radius 2 is 2.08 bits per heavy atom. The van der Waals surface area contributed by atoms with Crippen molar-refractivity contribution in [3.05, 3.63) is 0 Å². The Hall–Kier alpha value is -0.0800. The molecule has 0 amide bonds. The third-order valence-corrected chi connectivity index (χ3v) is 3.77. The van der Waals surface area contributed by atoms with E-state index < -0.39 is 0 Å². The fourth-order valence-corrected chi connectivity index (χ4v) is 3.06. The predicted molar refractivity (Wildman–Crippen MR) is 47.1 cm³/mol. The van der Waals surface area contributed by atoms with Crippen molar-refractivity contribution in [2.24, 2.45) is 0 Å². The van der Waals surface area contributed by atoms with Gasteiger partial charge in [0.25, 0.3) is 0 Å². The van der Waals surface area contributed by atoms with Crippen molar-refractivity contribution < 1.29 is 4.74 Å². The van der Waals surface area contributed by atoms with Crippen LogP contribution in [0.25, 0.3) is 0 Å². The first-order chi connectivity index (χ1) is 5.91. The largest absolute Gasteiger partial charge is 0.368 e. The Bertz CT molecular complexity index is 181. The summed E-state index contributed by atoms with van der Waals surface area (Å²) in [6.45, 7) is 1.21. The lowest BCUT2D eigenvalue weighted by atomic mass is 9.76. The van der Waals surface area contributed by atoms with Crippen molar-refractivity contribution in [3.63, 3.8) is 0 Å². The van der Waals surface area contributed by atoms with E-state index in [4.69, 9.17) is 4.74 Å². The minimum absolute atomic E-state index is 0.418. The number of ether oxygens (including phenoxy) is 1. The number of hydrogen-bond donors (Lipinski definition) is 1. The van der Waals surface area contributed by atoms with Crippen molar-refractivity contribution in [2.45, 2.75) is 56.3 Å². The fourth-order valence-electron chi connectivity index (χ4n) is 3.06. The van der Waals surface area contributed by atoms with Crippen LogP contribution in [0.15, 0.2) is 0 Å². The topological polar surface area (TPSA) is 24.6 Å². The average Bonchev–Trinajstić information content (AvgIpc) is 2.87. The average molecular weight is 167 g/mol. The van der Waals surface area contributed by atoms with Crippen LogP contribution in [0.5, 0.6) is 0 Å². The van der Waals surface area contributed by atoms with E-state index in [0.29, 0.717) is 17.7 Å². The molecule has 1 saturated carbocycles. The summed E-state index contributed by atoms with van der Waals surface area (Å²) in [6.07, 6.45) is 9.37. The van der Waals surface area contributed by atoms with Gasteiger partial charge in [-0.2, -0.15) is 0 Å². The molecule has 0 aromatic heterocycles. The van der Waals surface area contributed by atoms with Crippen LogP contribution < -0.4 is 5.32 Å². The van der Waals surface area contributed by atoms with Crippen LogP contribution in [-0.2, 0) is 4.74 Å². The Kier molecular flexibility index (Phi) is 1.50. The molecule has 12 heavy (non-hydrogen) atoms. The smallest absolute Gasteiger partial charge is 0.102 e. The van der Waals surface area contributed by atoms with Crippen LogP contribution in [-0.4, -0.2) is 24.3 Å². The predicted octanol–water partition coefficient (Wildman–Crippen LogP) is 1.45. The summed E-state index contributed by atoms with van der Waals surface area (Å²) in [5.74, 6) is 0. The van der Waals surface area contributed by atoms with Crippen LogP contribution in [0.2, 0.25) is 0 Å². The van der Waals surface area contributed by atoms with E-state index in [-0.39, 0.29) is 0 Å². The lowest BCUT2D eigenvalue weighted by molar-refractivity contribution is 0.176. The summed E-state index contributed by atoms with van der Waals surface area (Å²) >= 11 is 0. The van der Waals surface area contributed by atoms with Crippen LogP contribution in [0, 0.1) is 0 Å². The molecule has 2 heteroatoms. The summed E-state index contributed by atoms with van der Waals surface area (Å²) in [4.78, 5) is 0. The number of epoxide rings is 1. The molecule has 3 atom stereocenters. The Balaban J connectivity index is 1.78. The quantitative estimate of drug-likeness (QED) is 0.552. The minimum Gasteiger partial charge on any atom is -0.368 e. The van der Waals surface area contributed by atoms with Crippen LogP contribution in [0.1, 0.15) is 38.5 Å². The summed E-state index contributed by atoms with van der Waals surface area (Å²) in [7, 11) is 0. The molecule has 0 bridgehead atoms. The molecule has 3 aliphatic rings. The third kappa shape index (κ3) is 0.944. The van der Waals surface area contributed by atoms with Gasteiger partial charge in [-0.3, -0.25) is 0 Å². The van der Waals surface area contributed by atoms with Gasteiger partial charge in [0.15, 0.2) is 0 Å². The summed E-state index contributed by atoms with van der Waals surface area (Å²) in [5, 5.41) is 3.70. The molecule has 1 spiro atoms. The highest BCUT2D eigenvalue weighted by atomic mass is 16.6. The second-order valence-corrected chi connectivity index (χ2v) is 4.53. The maximum absolute atomic E-state index is 5.71. The zero-order chi connectivity index (χ0) is 8.02. The SMILES string of the molecule is C1CCC2(CCCC3OC32)NC1. The molecule has 0 radical (unpaired) electrons. The second kappa shape index (κ2) is 2.46. The van der Waals surface area contributed by atoms with E-state index in [1.54, 1.807) is 0 Å². The first kappa shape index (κ1) is 7.34.